The fourth-order valence-electron chi connectivity index (χ4n) is 3.71. The summed E-state index contributed by atoms with van der Waals surface area (Å²) in [6.07, 6.45) is 4.61. The number of anilines is 1. The Morgan fingerprint density at radius 3 is 3.23 bits per heavy atom. The Kier molecular flexibility index (Phi) is 3.46. The van der Waals surface area contributed by atoms with Crippen LogP contribution in [0, 0.1) is 0 Å². The summed E-state index contributed by atoms with van der Waals surface area (Å²) in [5.74, 6) is 1.19. The molecule has 0 unspecified atom stereocenters. The minimum absolute atomic E-state index is 0.0690. The van der Waals surface area contributed by atoms with Crippen LogP contribution >= 0.6 is 11.3 Å². The van der Waals surface area contributed by atoms with Gasteiger partial charge >= 0.3 is 0 Å². The molecule has 0 bridgehead atoms. The molecule has 3 aromatic heterocycles. The van der Waals surface area contributed by atoms with E-state index in [0.717, 1.165) is 40.5 Å². The maximum atomic E-state index is 12.9. The quantitative estimate of drug-likeness (QED) is 0.584. The first-order chi connectivity index (χ1) is 12.7. The number of carbonyl (C=O) groups is 1. The number of aromatic amines is 1. The molecule has 4 aromatic rings. The zero-order valence-corrected chi connectivity index (χ0v) is 15.1. The lowest BCUT2D eigenvalue weighted by Crippen LogP contribution is -2.28. The van der Waals surface area contributed by atoms with E-state index < -0.39 is 0 Å². The first kappa shape index (κ1) is 15.4. The van der Waals surface area contributed by atoms with Crippen molar-refractivity contribution >= 4 is 39.1 Å². The van der Waals surface area contributed by atoms with Gasteiger partial charge in [-0.2, -0.15) is 0 Å². The van der Waals surface area contributed by atoms with Gasteiger partial charge in [0.05, 0.1) is 23.1 Å². The Morgan fingerprint density at radius 2 is 2.35 bits per heavy atom. The predicted octanol–water partition coefficient (Wildman–Crippen LogP) is 2.94. The van der Waals surface area contributed by atoms with Gasteiger partial charge in [-0.3, -0.25) is 9.20 Å². The number of aromatic nitrogens is 4. The van der Waals surface area contributed by atoms with E-state index in [0.29, 0.717) is 12.1 Å². The number of nitrogens with zero attached hydrogens (tertiary/aromatic N) is 4. The van der Waals surface area contributed by atoms with Crippen molar-refractivity contribution in [2.75, 3.05) is 25.5 Å². The molecule has 0 spiro atoms. The fraction of sp³-hybridized carbons (Fsp3) is 0.278. The van der Waals surface area contributed by atoms with Crippen LogP contribution < -0.4 is 5.32 Å². The van der Waals surface area contributed by atoms with Gasteiger partial charge in [0, 0.05) is 43.2 Å². The normalized spacial score (nSPS) is 17.4. The summed E-state index contributed by atoms with van der Waals surface area (Å²) >= 11 is 1.69. The number of fused-ring (bicyclic) bond motifs is 2. The van der Waals surface area contributed by atoms with Crippen molar-refractivity contribution in [2.45, 2.75) is 12.3 Å². The van der Waals surface area contributed by atoms with Crippen molar-refractivity contribution in [2.24, 2.45) is 0 Å². The molecular weight excluding hydrogens is 348 g/mol. The van der Waals surface area contributed by atoms with Crippen LogP contribution in [0.1, 0.15) is 28.4 Å². The van der Waals surface area contributed by atoms with Crippen molar-refractivity contribution in [3.63, 3.8) is 0 Å². The molecular formula is C18H18N6OS. The van der Waals surface area contributed by atoms with E-state index in [9.17, 15) is 4.79 Å². The molecule has 1 aliphatic rings. The van der Waals surface area contributed by atoms with E-state index in [1.165, 1.54) is 0 Å². The van der Waals surface area contributed by atoms with Crippen LogP contribution in [-0.2, 0) is 0 Å². The van der Waals surface area contributed by atoms with Gasteiger partial charge in [0.15, 0.2) is 0 Å². The number of rotatable bonds is 3. The second kappa shape index (κ2) is 5.84. The van der Waals surface area contributed by atoms with Crippen LogP contribution in [0.25, 0.3) is 15.9 Å². The third kappa shape index (κ3) is 2.29. The van der Waals surface area contributed by atoms with Crippen LogP contribution in [0.2, 0.25) is 0 Å². The molecule has 8 heteroatoms. The van der Waals surface area contributed by atoms with Crippen molar-refractivity contribution < 1.29 is 4.79 Å². The minimum atomic E-state index is 0.0690. The summed E-state index contributed by atoms with van der Waals surface area (Å²) in [5, 5.41) is 5.21. The van der Waals surface area contributed by atoms with Crippen LogP contribution in [0.15, 0.2) is 36.1 Å². The van der Waals surface area contributed by atoms with E-state index >= 15 is 0 Å². The average molecular weight is 366 g/mol. The highest BCUT2D eigenvalue weighted by atomic mass is 32.1. The summed E-state index contributed by atoms with van der Waals surface area (Å²) in [6, 6.07) is 5.62. The van der Waals surface area contributed by atoms with Gasteiger partial charge in [-0.15, -0.1) is 11.3 Å². The Morgan fingerprint density at radius 1 is 1.42 bits per heavy atom. The second-order valence-corrected chi connectivity index (χ2v) is 7.41. The van der Waals surface area contributed by atoms with Gasteiger partial charge in [-0.25, -0.2) is 9.97 Å². The summed E-state index contributed by atoms with van der Waals surface area (Å²) in [5.41, 5.74) is 3.55. The number of hydrogen-bond acceptors (Lipinski definition) is 5. The lowest BCUT2D eigenvalue weighted by molar-refractivity contribution is 0.0791. The van der Waals surface area contributed by atoms with Gasteiger partial charge in [-0.1, -0.05) is 0 Å². The standard InChI is InChI=1S/C18H18N6OS/c1-19-18-22-15(17-24(18)6-7-26-17)12-4-5-23(9-12)16(25)11-2-3-13-14(8-11)21-10-20-13/h2-3,6-8,10,12H,4-5,9H2,1H3,(H,19,22)(H,20,21)/t12-/m0/s1. The zero-order valence-electron chi connectivity index (χ0n) is 14.3. The molecule has 1 aromatic carbocycles. The van der Waals surface area contributed by atoms with Crippen molar-refractivity contribution in [3.8, 4) is 0 Å². The summed E-state index contributed by atoms with van der Waals surface area (Å²) < 4.78 is 2.08. The minimum Gasteiger partial charge on any atom is -0.358 e. The van der Waals surface area contributed by atoms with Crippen LogP contribution in [-0.4, -0.2) is 50.3 Å². The van der Waals surface area contributed by atoms with Crippen molar-refractivity contribution in [1.82, 2.24) is 24.3 Å². The second-order valence-electron chi connectivity index (χ2n) is 6.52. The highest BCUT2D eigenvalue weighted by Gasteiger charge is 2.31. The van der Waals surface area contributed by atoms with Gasteiger partial charge in [0.2, 0.25) is 5.95 Å². The van der Waals surface area contributed by atoms with Gasteiger partial charge < -0.3 is 15.2 Å². The average Bonchev–Trinajstić information content (AvgIpc) is 3.43. The number of imidazole rings is 2. The molecule has 26 heavy (non-hydrogen) atoms. The maximum absolute atomic E-state index is 12.9. The highest BCUT2D eigenvalue weighted by Crippen LogP contribution is 2.34. The van der Waals surface area contributed by atoms with E-state index in [4.69, 9.17) is 4.98 Å². The van der Waals surface area contributed by atoms with Crippen molar-refractivity contribution in [3.05, 3.63) is 47.4 Å². The van der Waals surface area contributed by atoms with Gasteiger partial charge in [0.25, 0.3) is 5.91 Å². The molecule has 132 valence electrons. The van der Waals surface area contributed by atoms with E-state index in [1.807, 2.05) is 36.3 Å². The molecule has 0 aliphatic carbocycles. The molecule has 1 fully saturated rings. The summed E-state index contributed by atoms with van der Waals surface area (Å²) in [4.78, 5) is 28.0. The number of carbonyl (C=O) groups excluding carboxylic acids is 1. The number of amides is 1. The van der Waals surface area contributed by atoms with E-state index in [2.05, 4.69) is 25.1 Å². The lowest BCUT2D eigenvalue weighted by Gasteiger charge is -2.16. The molecule has 1 aliphatic heterocycles. The van der Waals surface area contributed by atoms with Gasteiger partial charge in [-0.05, 0) is 24.6 Å². The highest BCUT2D eigenvalue weighted by molar-refractivity contribution is 7.15. The first-order valence-electron chi connectivity index (χ1n) is 8.60. The SMILES string of the molecule is CNc1nc([C@H]2CCN(C(=O)c3ccc4nc[nH]c4c3)C2)c2sccn12. The van der Waals surface area contributed by atoms with Crippen LogP contribution in [0.3, 0.4) is 0 Å². The number of hydrogen-bond donors (Lipinski definition) is 2. The molecule has 1 atom stereocenters. The third-order valence-corrected chi connectivity index (χ3v) is 5.92. The summed E-state index contributed by atoms with van der Waals surface area (Å²) in [6.45, 7) is 1.46. The van der Waals surface area contributed by atoms with Crippen LogP contribution in [0.4, 0.5) is 5.95 Å². The maximum Gasteiger partial charge on any atom is 0.253 e. The monoisotopic (exact) mass is 366 g/mol. The number of thiazole rings is 1. The van der Waals surface area contributed by atoms with E-state index in [-0.39, 0.29) is 11.8 Å². The smallest absolute Gasteiger partial charge is 0.253 e. The predicted molar refractivity (Wildman–Crippen MR) is 102 cm³/mol. The Bertz CT molecular complexity index is 1110. The molecule has 2 N–H and O–H groups in total. The largest absolute Gasteiger partial charge is 0.358 e. The van der Waals surface area contributed by atoms with Crippen molar-refractivity contribution in [1.29, 1.82) is 0 Å². The molecule has 7 nitrogen and oxygen atoms in total. The molecule has 5 rings (SSSR count). The lowest BCUT2D eigenvalue weighted by atomic mass is 10.1. The third-order valence-electron chi connectivity index (χ3n) is 5.04. The van der Waals surface area contributed by atoms with Crippen LogP contribution in [0.5, 0.6) is 0 Å². The number of nitrogens with one attached hydrogen (secondary N) is 2. The molecule has 0 radical (unpaired) electrons. The molecule has 1 saturated heterocycles. The zero-order chi connectivity index (χ0) is 17.7. The first-order valence-corrected chi connectivity index (χ1v) is 9.48. The Labute approximate surface area is 153 Å². The molecule has 1 amide bonds. The topological polar surface area (TPSA) is 78.3 Å². The molecule has 0 saturated carbocycles. The number of likely N-dealkylation sites (tertiary alicyclic amines) is 1. The van der Waals surface area contributed by atoms with Gasteiger partial charge in [0.1, 0.15) is 4.83 Å². The summed E-state index contributed by atoms with van der Waals surface area (Å²) in [7, 11) is 1.88. The Balaban J connectivity index is 1.41. The molecule has 4 heterocycles. The fourth-order valence-corrected chi connectivity index (χ4v) is 4.61. The van der Waals surface area contributed by atoms with E-state index in [1.54, 1.807) is 17.7 Å². The Hall–Kier alpha value is -2.87. The number of H-pyrrole nitrogens is 1. The number of benzene rings is 1.